The number of carbonyl (C=O) groups is 2. The molecule has 0 aromatic heterocycles. The van der Waals surface area contributed by atoms with Gasteiger partial charge in [0.25, 0.3) is 0 Å². The molecule has 1 saturated carbocycles. The maximum absolute atomic E-state index is 12.1. The monoisotopic (exact) mass is 275 g/mol. The van der Waals surface area contributed by atoms with E-state index in [0.29, 0.717) is 19.4 Å². The number of aliphatic carboxylic acids is 1. The zero-order valence-corrected chi connectivity index (χ0v) is 11.8. The predicted molar refractivity (Wildman–Crippen MR) is 76.1 cm³/mol. The molecule has 20 heavy (non-hydrogen) atoms. The van der Waals surface area contributed by atoms with Gasteiger partial charge in [-0.2, -0.15) is 0 Å². The Kier molecular flexibility index (Phi) is 4.77. The van der Waals surface area contributed by atoms with Crippen molar-refractivity contribution in [3.05, 3.63) is 35.4 Å². The molecule has 2 rings (SSSR count). The van der Waals surface area contributed by atoms with E-state index in [2.05, 4.69) is 5.32 Å². The van der Waals surface area contributed by atoms with E-state index in [9.17, 15) is 9.59 Å². The van der Waals surface area contributed by atoms with E-state index in [4.69, 9.17) is 5.11 Å². The summed E-state index contributed by atoms with van der Waals surface area (Å²) in [6.45, 7) is 2.53. The van der Waals surface area contributed by atoms with Gasteiger partial charge in [0.15, 0.2) is 0 Å². The van der Waals surface area contributed by atoms with E-state index in [1.807, 2.05) is 31.2 Å². The summed E-state index contributed by atoms with van der Waals surface area (Å²) in [6, 6.07) is 8.01. The molecule has 0 bridgehead atoms. The van der Waals surface area contributed by atoms with Crippen LogP contribution in [0, 0.1) is 18.8 Å². The number of carboxylic acids is 1. The smallest absolute Gasteiger partial charge is 0.306 e. The molecule has 1 amide bonds. The van der Waals surface area contributed by atoms with Crippen LogP contribution in [-0.2, 0) is 16.1 Å². The minimum atomic E-state index is -0.777. The third-order valence-electron chi connectivity index (χ3n) is 3.94. The number of amides is 1. The highest BCUT2D eigenvalue weighted by molar-refractivity contribution is 5.80. The molecule has 0 aliphatic heterocycles. The number of aryl methyl sites for hydroxylation is 1. The highest BCUT2D eigenvalue weighted by Gasteiger charge is 2.30. The topological polar surface area (TPSA) is 66.4 Å². The SMILES string of the molecule is Cc1cccc(CNC(=O)[C@H]2CCC[C@H](C(=O)O)C2)c1. The van der Waals surface area contributed by atoms with Crippen LogP contribution in [0.2, 0.25) is 0 Å². The van der Waals surface area contributed by atoms with E-state index < -0.39 is 5.97 Å². The Bertz CT molecular complexity index is 498. The number of benzene rings is 1. The van der Waals surface area contributed by atoms with Crippen LogP contribution in [0.4, 0.5) is 0 Å². The molecular formula is C16H21NO3. The lowest BCUT2D eigenvalue weighted by Crippen LogP contribution is -2.35. The van der Waals surface area contributed by atoms with Gasteiger partial charge < -0.3 is 10.4 Å². The number of hydrogen-bond donors (Lipinski definition) is 2. The van der Waals surface area contributed by atoms with Crippen molar-refractivity contribution in [1.29, 1.82) is 0 Å². The second-order valence-corrected chi connectivity index (χ2v) is 5.61. The van der Waals surface area contributed by atoms with Gasteiger partial charge in [-0.05, 0) is 31.7 Å². The van der Waals surface area contributed by atoms with Crippen LogP contribution in [0.5, 0.6) is 0 Å². The first-order valence-corrected chi connectivity index (χ1v) is 7.12. The quantitative estimate of drug-likeness (QED) is 0.887. The van der Waals surface area contributed by atoms with Crippen LogP contribution < -0.4 is 5.32 Å². The normalized spacial score (nSPS) is 22.2. The van der Waals surface area contributed by atoms with E-state index in [1.54, 1.807) is 0 Å². The number of rotatable bonds is 4. The molecule has 4 heteroatoms. The van der Waals surface area contributed by atoms with Crippen molar-refractivity contribution in [3.63, 3.8) is 0 Å². The van der Waals surface area contributed by atoms with Crippen molar-refractivity contribution in [2.24, 2.45) is 11.8 Å². The predicted octanol–water partition coefficient (Wildman–Crippen LogP) is 2.50. The van der Waals surface area contributed by atoms with Crippen LogP contribution in [0.25, 0.3) is 0 Å². The first-order valence-electron chi connectivity index (χ1n) is 7.12. The minimum Gasteiger partial charge on any atom is -0.481 e. The third kappa shape index (κ3) is 3.83. The molecule has 0 radical (unpaired) electrons. The summed E-state index contributed by atoms with van der Waals surface area (Å²) in [4.78, 5) is 23.1. The second kappa shape index (κ2) is 6.55. The molecular weight excluding hydrogens is 254 g/mol. The fourth-order valence-corrected chi connectivity index (χ4v) is 2.81. The highest BCUT2D eigenvalue weighted by Crippen LogP contribution is 2.29. The Morgan fingerprint density at radius 2 is 2.05 bits per heavy atom. The fraction of sp³-hybridized carbons (Fsp3) is 0.500. The van der Waals surface area contributed by atoms with Crippen molar-refractivity contribution in [2.75, 3.05) is 0 Å². The first-order chi connectivity index (χ1) is 9.56. The largest absolute Gasteiger partial charge is 0.481 e. The molecule has 0 heterocycles. The van der Waals surface area contributed by atoms with E-state index in [0.717, 1.165) is 18.4 Å². The summed E-state index contributed by atoms with van der Waals surface area (Å²) >= 11 is 0. The lowest BCUT2D eigenvalue weighted by Gasteiger charge is -2.25. The average Bonchev–Trinajstić information content (AvgIpc) is 2.45. The molecule has 0 unspecified atom stereocenters. The molecule has 1 aromatic rings. The van der Waals surface area contributed by atoms with Crippen molar-refractivity contribution < 1.29 is 14.7 Å². The third-order valence-corrected chi connectivity index (χ3v) is 3.94. The number of nitrogens with one attached hydrogen (secondary N) is 1. The molecule has 1 aromatic carbocycles. The number of carboxylic acid groups (broad SMARTS) is 1. The summed E-state index contributed by atoms with van der Waals surface area (Å²) in [6.07, 6.45) is 2.77. The molecule has 108 valence electrons. The van der Waals surface area contributed by atoms with Crippen molar-refractivity contribution in [3.8, 4) is 0 Å². The van der Waals surface area contributed by atoms with Crippen molar-refractivity contribution in [2.45, 2.75) is 39.2 Å². The summed E-state index contributed by atoms with van der Waals surface area (Å²) < 4.78 is 0. The average molecular weight is 275 g/mol. The van der Waals surface area contributed by atoms with Gasteiger partial charge >= 0.3 is 5.97 Å². The Hall–Kier alpha value is -1.84. The molecule has 2 N–H and O–H groups in total. The van der Waals surface area contributed by atoms with E-state index >= 15 is 0 Å². The second-order valence-electron chi connectivity index (χ2n) is 5.61. The Morgan fingerprint density at radius 3 is 2.75 bits per heavy atom. The Balaban J connectivity index is 1.87. The van der Waals surface area contributed by atoms with E-state index in [1.165, 1.54) is 5.56 Å². The van der Waals surface area contributed by atoms with Gasteiger partial charge in [-0.3, -0.25) is 9.59 Å². The lowest BCUT2D eigenvalue weighted by molar-refractivity contribution is -0.144. The Labute approximate surface area is 119 Å². The van der Waals surface area contributed by atoms with Crippen LogP contribution in [0.3, 0.4) is 0 Å². The fourth-order valence-electron chi connectivity index (χ4n) is 2.81. The van der Waals surface area contributed by atoms with Crippen LogP contribution in [0.15, 0.2) is 24.3 Å². The lowest BCUT2D eigenvalue weighted by atomic mass is 9.81. The Morgan fingerprint density at radius 1 is 1.30 bits per heavy atom. The van der Waals surface area contributed by atoms with Crippen LogP contribution >= 0.6 is 0 Å². The molecule has 1 aliphatic carbocycles. The zero-order valence-electron chi connectivity index (χ0n) is 11.8. The molecule has 0 spiro atoms. The van der Waals surface area contributed by atoms with Crippen LogP contribution in [0.1, 0.15) is 36.8 Å². The molecule has 1 aliphatic rings. The van der Waals surface area contributed by atoms with Gasteiger partial charge in [0.2, 0.25) is 5.91 Å². The number of carbonyl (C=O) groups excluding carboxylic acids is 1. The summed E-state index contributed by atoms with van der Waals surface area (Å²) in [5, 5.41) is 12.0. The van der Waals surface area contributed by atoms with Gasteiger partial charge in [-0.1, -0.05) is 36.2 Å². The van der Waals surface area contributed by atoms with Crippen molar-refractivity contribution >= 4 is 11.9 Å². The maximum Gasteiger partial charge on any atom is 0.306 e. The summed E-state index contributed by atoms with van der Waals surface area (Å²) in [5.41, 5.74) is 2.24. The maximum atomic E-state index is 12.1. The minimum absolute atomic E-state index is 0.0162. The standard InChI is InChI=1S/C16H21NO3/c1-11-4-2-5-12(8-11)10-17-15(18)13-6-3-7-14(9-13)16(19)20/h2,4-5,8,13-14H,3,6-7,9-10H2,1H3,(H,17,18)(H,19,20)/t13-,14-/m0/s1. The molecule has 1 fully saturated rings. The van der Waals surface area contributed by atoms with Gasteiger partial charge in [-0.15, -0.1) is 0 Å². The van der Waals surface area contributed by atoms with Crippen LogP contribution in [-0.4, -0.2) is 17.0 Å². The van der Waals surface area contributed by atoms with Crippen molar-refractivity contribution in [1.82, 2.24) is 5.32 Å². The summed E-state index contributed by atoms with van der Waals surface area (Å²) in [7, 11) is 0. The first kappa shape index (κ1) is 14.6. The van der Waals surface area contributed by atoms with Gasteiger partial charge in [0, 0.05) is 12.5 Å². The van der Waals surface area contributed by atoms with E-state index in [-0.39, 0.29) is 17.7 Å². The zero-order chi connectivity index (χ0) is 14.5. The highest BCUT2D eigenvalue weighted by atomic mass is 16.4. The van der Waals surface area contributed by atoms with Gasteiger partial charge in [-0.25, -0.2) is 0 Å². The molecule has 2 atom stereocenters. The molecule has 4 nitrogen and oxygen atoms in total. The van der Waals surface area contributed by atoms with Gasteiger partial charge in [0.05, 0.1) is 5.92 Å². The number of hydrogen-bond acceptors (Lipinski definition) is 2. The molecule has 0 saturated heterocycles. The summed E-state index contributed by atoms with van der Waals surface area (Å²) in [5.74, 6) is -1.31. The van der Waals surface area contributed by atoms with Gasteiger partial charge in [0.1, 0.15) is 0 Å².